The van der Waals surface area contributed by atoms with Crippen molar-refractivity contribution in [3.63, 3.8) is 0 Å². The van der Waals surface area contributed by atoms with Gasteiger partial charge >= 0.3 is 0 Å². The van der Waals surface area contributed by atoms with Crippen molar-refractivity contribution in [1.29, 1.82) is 0 Å². The first-order chi connectivity index (χ1) is 51.5. The summed E-state index contributed by atoms with van der Waals surface area (Å²) < 4.78 is 0. The molecule has 16 aromatic carbocycles. The molecule has 16 rings (SSSR count). The highest BCUT2D eigenvalue weighted by molar-refractivity contribution is 6.36. The molecule has 106 heavy (non-hydrogen) atoms. The van der Waals surface area contributed by atoms with E-state index in [9.17, 15) is 0 Å². The van der Waals surface area contributed by atoms with Gasteiger partial charge < -0.3 is 0 Å². The lowest BCUT2D eigenvalue weighted by molar-refractivity contribution is 0.653. The predicted octanol–water partition coefficient (Wildman–Crippen LogP) is 32.0. The molecule has 0 heteroatoms. The Bertz CT molecular complexity index is 5070. The van der Waals surface area contributed by atoms with Gasteiger partial charge in [0, 0.05) is 0 Å². The summed E-state index contributed by atoms with van der Waals surface area (Å²) in [4.78, 5) is 0. The van der Waals surface area contributed by atoms with Gasteiger partial charge in [0.15, 0.2) is 0 Å². The first-order valence-corrected chi connectivity index (χ1v) is 41.0. The Morgan fingerprint density at radius 2 is 0.358 bits per heavy atom. The molecule has 0 aromatic heterocycles. The summed E-state index contributed by atoms with van der Waals surface area (Å²) in [5, 5.41) is 25.8. The van der Waals surface area contributed by atoms with Crippen LogP contribution in [0.25, 0.3) is 141 Å². The van der Waals surface area contributed by atoms with Crippen LogP contribution < -0.4 is 0 Å². The second kappa shape index (κ2) is 32.4. The van der Waals surface area contributed by atoms with Crippen LogP contribution in [0.2, 0.25) is 0 Å². The monoisotopic (exact) mass is 1390 g/mol. The summed E-state index contributed by atoms with van der Waals surface area (Å²) in [5.74, 6) is 0. The molecule has 0 amide bonds. The smallest absolute Gasteiger partial charge is 0.00132 e. The van der Waals surface area contributed by atoms with Gasteiger partial charge in [-0.1, -0.05) is 321 Å². The number of benzene rings is 16. The number of aryl methyl sites for hydroxylation is 14. The Hall–Kier alpha value is -9.36. The van der Waals surface area contributed by atoms with E-state index in [1.54, 1.807) is 54.6 Å². The molecule has 0 N–H and O–H groups in total. The molecule has 0 aliphatic carbocycles. The average Bonchev–Trinajstić information content (AvgIpc) is 0.649. The Balaban J connectivity index is 0.000000145. The first kappa shape index (κ1) is 73.5. The molecule has 0 aliphatic rings. The van der Waals surface area contributed by atoms with Crippen molar-refractivity contribution in [1.82, 2.24) is 0 Å². The van der Waals surface area contributed by atoms with E-state index in [-0.39, 0.29) is 0 Å². The second-order valence-electron chi connectivity index (χ2n) is 32.4. The average molecular weight is 1390 g/mol. The largest absolute Gasteiger partial charge is 0.0654 e. The molecule has 0 saturated carbocycles. The lowest BCUT2D eigenvalue weighted by Gasteiger charge is -2.26. The quantitative estimate of drug-likeness (QED) is 0.0418. The van der Waals surface area contributed by atoms with Crippen molar-refractivity contribution in [2.75, 3.05) is 0 Å². The zero-order valence-corrected chi connectivity index (χ0v) is 66.6. The molecule has 0 spiro atoms. The predicted molar refractivity (Wildman–Crippen MR) is 471 cm³/mol. The van der Waals surface area contributed by atoms with E-state index in [0.29, 0.717) is 0 Å². The highest BCUT2D eigenvalue weighted by atomic mass is 14.3. The fraction of sp³-hybridized carbons (Fsp3) is 0.321. The highest BCUT2D eigenvalue weighted by Crippen LogP contribution is 2.55. The third-order valence-corrected chi connectivity index (χ3v) is 23.5. The van der Waals surface area contributed by atoms with Gasteiger partial charge in [0.05, 0.1) is 0 Å². The van der Waals surface area contributed by atoms with Crippen molar-refractivity contribution < 1.29 is 0 Å². The molecule has 0 unspecified atom stereocenters. The second-order valence-corrected chi connectivity index (χ2v) is 32.4. The lowest BCUT2D eigenvalue weighted by Crippen LogP contribution is -2.06. The minimum absolute atomic E-state index is 1.24. The number of unbranched alkanes of at least 4 members (excludes halogenated alkanes) is 12. The van der Waals surface area contributed by atoms with E-state index >= 15 is 0 Å². The SMILES string of the molecule is CCCCCCc1c(CCCCCC)c2cc(C)cc3c(CCCCCC)c(CCCCCC)c4cc(C)cc1c4c23.Cc1cc2ccc3cc(C)cc4ccc(c1)c2c34.Cc1ccc(-c2c(-c3ccc(C)cc3)c3cc(C)cc4c(-c5ccc(C)cc5)c(-c5ccc(C)cc5)c5cc(C)cc2c5c34)cc1. The standard InChI is InChI=1S/C46H38.C42H62.C18H14/c1-27-7-15-33(16-8-27)41-37-23-31(5)25-39-43(35-19-11-29(3)12-20-35)44(36-21-13-30(4)14-22-36)40-26-32(6)24-38(46(40)45(37)39)42(41)34-17-9-28(2)10-18-34;1-7-11-15-19-23-33-34(24-20-16-12-8-2)38-28-32(6)30-40-36(26-22-18-14-10-4)35(25-21-17-13-9-3)39-29-31(5)27-37(33)41(39)42(38)40;1-11-7-13-3-5-15-9-12(2)10-16-6-4-14(8-11)17(13)18(15)16/h7-26H,1-6H3;27-30H,7-26H2,1-6H3;3-10H,1-2H3. The van der Waals surface area contributed by atoms with Crippen LogP contribution in [-0.2, 0) is 25.7 Å². The van der Waals surface area contributed by atoms with Crippen molar-refractivity contribution in [2.45, 2.75) is 225 Å². The highest BCUT2D eigenvalue weighted by Gasteiger charge is 2.28. The summed E-state index contributed by atoms with van der Waals surface area (Å²) in [6.45, 7) is 31.6. The number of hydrogen-bond donors (Lipinski definition) is 0. The lowest BCUT2D eigenvalue weighted by atomic mass is 9.77. The van der Waals surface area contributed by atoms with Gasteiger partial charge in [-0.05, 0) is 318 Å². The van der Waals surface area contributed by atoms with Gasteiger partial charge in [-0.2, -0.15) is 0 Å². The van der Waals surface area contributed by atoms with Gasteiger partial charge in [0.2, 0.25) is 0 Å². The fourth-order valence-electron chi connectivity index (χ4n) is 18.4. The van der Waals surface area contributed by atoms with Crippen LogP contribution in [0.4, 0.5) is 0 Å². The van der Waals surface area contributed by atoms with Crippen LogP contribution in [-0.4, -0.2) is 0 Å². The van der Waals surface area contributed by atoms with E-state index in [1.165, 1.54) is 293 Å². The molecule has 0 bridgehead atoms. The van der Waals surface area contributed by atoms with Crippen LogP contribution in [0.1, 0.15) is 208 Å². The zero-order chi connectivity index (χ0) is 73.9. The van der Waals surface area contributed by atoms with Crippen molar-refractivity contribution >= 4 is 97.0 Å². The third-order valence-electron chi connectivity index (χ3n) is 23.5. The molecular formula is C106H114. The first-order valence-electron chi connectivity index (χ1n) is 41.0. The van der Waals surface area contributed by atoms with Gasteiger partial charge in [0.25, 0.3) is 0 Å². The maximum Gasteiger partial charge on any atom is -0.00132 e. The van der Waals surface area contributed by atoms with Gasteiger partial charge in [-0.3, -0.25) is 0 Å². The maximum atomic E-state index is 2.58. The van der Waals surface area contributed by atoms with Crippen LogP contribution in [0.15, 0.2) is 194 Å². The minimum atomic E-state index is 1.24. The van der Waals surface area contributed by atoms with E-state index in [4.69, 9.17) is 0 Å². The summed E-state index contributed by atoms with van der Waals surface area (Å²) in [6.07, 6.45) is 26.3. The number of hydrogen-bond acceptors (Lipinski definition) is 0. The van der Waals surface area contributed by atoms with E-state index in [0.717, 1.165) is 0 Å². The molecule has 0 atom stereocenters. The molecule has 16 aromatic rings. The van der Waals surface area contributed by atoms with Gasteiger partial charge in [-0.15, -0.1) is 0 Å². The zero-order valence-electron chi connectivity index (χ0n) is 66.6. The summed E-state index contributed by atoms with van der Waals surface area (Å²) in [6, 6.07) is 74.6. The molecule has 0 heterocycles. The van der Waals surface area contributed by atoms with E-state index in [2.05, 4.69) is 291 Å². The Morgan fingerprint density at radius 3 is 0.566 bits per heavy atom. The summed E-state index contributed by atoms with van der Waals surface area (Å²) in [5.41, 5.74) is 30.3. The van der Waals surface area contributed by atoms with Gasteiger partial charge in [0.1, 0.15) is 0 Å². The molecule has 0 aliphatic heterocycles. The van der Waals surface area contributed by atoms with E-state index in [1.807, 2.05) is 0 Å². The Morgan fingerprint density at radius 1 is 0.170 bits per heavy atom. The van der Waals surface area contributed by atoms with Crippen molar-refractivity contribution in [2.24, 2.45) is 0 Å². The molecule has 538 valence electrons. The van der Waals surface area contributed by atoms with Crippen molar-refractivity contribution in [3.05, 3.63) is 272 Å². The molecule has 0 saturated heterocycles. The topological polar surface area (TPSA) is 0 Å². The van der Waals surface area contributed by atoms with Crippen molar-refractivity contribution in [3.8, 4) is 44.5 Å². The number of rotatable bonds is 24. The molecule has 0 fully saturated rings. The Kier molecular flexibility index (Phi) is 22.5. The fourth-order valence-corrected chi connectivity index (χ4v) is 18.4. The maximum absolute atomic E-state index is 2.58. The van der Waals surface area contributed by atoms with Crippen LogP contribution >= 0.6 is 0 Å². The molecule has 0 nitrogen and oxygen atoms in total. The molecule has 0 radical (unpaired) electrons. The summed E-state index contributed by atoms with van der Waals surface area (Å²) >= 11 is 0. The minimum Gasteiger partial charge on any atom is -0.0654 e. The Labute approximate surface area is 634 Å². The van der Waals surface area contributed by atoms with Gasteiger partial charge in [-0.25, -0.2) is 0 Å². The van der Waals surface area contributed by atoms with Crippen LogP contribution in [0.3, 0.4) is 0 Å². The van der Waals surface area contributed by atoms with Crippen LogP contribution in [0, 0.1) is 69.2 Å². The third kappa shape index (κ3) is 14.8. The van der Waals surface area contributed by atoms with Crippen LogP contribution in [0.5, 0.6) is 0 Å². The van der Waals surface area contributed by atoms with E-state index < -0.39 is 0 Å². The molecular weight excluding hydrogens is 1270 g/mol. The normalized spacial score (nSPS) is 11.9. The summed E-state index contributed by atoms with van der Waals surface area (Å²) in [7, 11) is 0.